The van der Waals surface area contributed by atoms with Gasteiger partial charge in [-0.1, -0.05) is 193 Å². The van der Waals surface area contributed by atoms with Crippen molar-refractivity contribution in [3.05, 3.63) is 12.3 Å². The summed E-state index contributed by atoms with van der Waals surface area (Å²) in [5.74, 6) is 0. The van der Waals surface area contributed by atoms with Gasteiger partial charge in [0.15, 0.2) is 0 Å². The van der Waals surface area contributed by atoms with E-state index in [1.807, 2.05) is 0 Å². The van der Waals surface area contributed by atoms with Gasteiger partial charge in [-0.3, -0.25) is 0 Å². The standard InChI is InChI=1S/C32H66Si/c1-5-9-12-15-18-21-24-27-30-33(8-4,31-28-25-22-19-16-13-10-6-2)32-29-26-23-20-17-14-11-7-3/h8H,4-7,9-32H2,1-3H3. The van der Waals surface area contributed by atoms with Gasteiger partial charge in [0.1, 0.15) is 0 Å². The molecule has 0 saturated heterocycles. The van der Waals surface area contributed by atoms with Gasteiger partial charge >= 0.3 is 0 Å². The molecule has 198 valence electrons. The molecule has 0 atom stereocenters. The van der Waals surface area contributed by atoms with E-state index in [9.17, 15) is 0 Å². The van der Waals surface area contributed by atoms with E-state index in [4.69, 9.17) is 0 Å². The number of hydrogen-bond donors (Lipinski definition) is 0. The topological polar surface area (TPSA) is 0 Å². The van der Waals surface area contributed by atoms with Crippen LogP contribution in [0.2, 0.25) is 18.1 Å². The van der Waals surface area contributed by atoms with Crippen LogP contribution in [0.5, 0.6) is 0 Å². The van der Waals surface area contributed by atoms with Crippen LogP contribution < -0.4 is 0 Å². The van der Waals surface area contributed by atoms with Crippen molar-refractivity contribution in [1.82, 2.24) is 0 Å². The van der Waals surface area contributed by atoms with Gasteiger partial charge in [0.2, 0.25) is 0 Å². The van der Waals surface area contributed by atoms with Crippen molar-refractivity contribution < 1.29 is 0 Å². The fourth-order valence-electron chi connectivity index (χ4n) is 5.51. The molecule has 0 aromatic rings. The second kappa shape index (κ2) is 26.6. The van der Waals surface area contributed by atoms with Gasteiger partial charge in [0.05, 0.1) is 8.07 Å². The molecule has 0 amide bonds. The van der Waals surface area contributed by atoms with E-state index in [1.165, 1.54) is 154 Å². The lowest BCUT2D eigenvalue weighted by Crippen LogP contribution is -2.31. The Balaban J connectivity index is 4.24. The molecule has 0 saturated carbocycles. The number of unbranched alkanes of at least 4 members (excludes halogenated alkanes) is 21. The highest BCUT2D eigenvalue weighted by Crippen LogP contribution is 2.31. The SMILES string of the molecule is C=C[Si](CCCCCCCCCC)(CCCCCCCCCC)CCCCCCCCCC. The van der Waals surface area contributed by atoms with E-state index < -0.39 is 8.07 Å². The average molecular weight is 479 g/mol. The van der Waals surface area contributed by atoms with Crippen molar-refractivity contribution in [3.63, 3.8) is 0 Å². The van der Waals surface area contributed by atoms with Crippen LogP contribution in [0.15, 0.2) is 12.3 Å². The van der Waals surface area contributed by atoms with Gasteiger partial charge in [-0.2, -0.15) is 0 Å². The lowest BCUT2D eigenvalue weighted by Gasteiger charge is -2.29. The third kappa shape index (κ3) is 22.2. The quantitative estimate of drug-likeness (QED) is 0.0774. The summed E-state index contributed by atoms with van der Waals surface area (Å²) < 4.78 is 0. The van der Waals surface area contributed by atoms with Crippen LogP contribution in [0.25, 0.3) is 0 Å². The first kappa shape index (κ1) is 33.0. The first-order valence-electron chi connectivity index (χ1n) is 15.9. The van der Waals surface area contributed by atoms with Crippen molar-refractivity contribution in [1.29, 1.82) is 0 Å². The zero-order chi connectivity index (χ0) is 24.3. The molecule has 0 aliphatic carbocycles. The van der Waals surface area contributed by atoms with Crippen LogP contribution in [0, 0.1) is 0 Å². The fourth-order valence-corrected chi connectivity index (χ4v) is 9.74. The molecule has 0 aliphatic rings. The average Bonchev–Trinajstić information content (AvgIpc) is 2.83. The number of hydrogen-bond acceptors (Lipinski definition) is 0. The maximum Gasteiger partial charge on any atom is 0.0770 e. The minimum atomic E-state index is -1.25. The molecule has 0 rings (SSSR count). The maximum atomic E-state index is 4.44. The van der Waals surface area contributed by atoms with E-state index in [1.54, 1.807) is 18.1 Å². The molecule has 0 bridgehead atoms. The molecular formula is C32H66Si. The summed E-state index contributed by atoms with van der Waals surface area (Å²) in [6.45, 7) is 11.4. The molecule has 0 aliphatic heterocycles. The summed E-state index contributed by atoms with van der Waals surface area (Å²) in [6, 6.07) is 4.62. The van der Waals surface area contributed by atoms with E-state index >= 15 is 0 Å². The summed E-state index contributed by atoms with van der Waals surface area (Å²) in [4.78, 5) is 0. The van der Waals surface area contributed by atoms with Crippen LogP contribution in [0.3, 0.4) is 0 Å². The second-order valence-corrected chi connectivity index (χ2v) is 15.9. The Bertz CT molecular complexity index is 324. The molecule has 0 spiro atoms. The van der Waals surface area contributed by atoms with Crippen LogP contribution in [-0.4, -0.2) is 8.07 Å². The van der Waals surface area contributed by atoms with Crippen molar-refractivity contribution in [2.75, 3.05) is 0 Å². The third-order valence-electron chi connectivity index (χ3n) is 8.02. The Hall–Kier alpha value is -0.0431. The second-order valence-electron chi connectivity index (χ2n) is 11.2. The van der Waals surface area contributed by atoms with Gasteiger partial charge in [0, 0.05) is 0 Å². The van der Waals surface area contributed by atoms with Gasteiger partial charge < -0.3 is 0 Å². The van der Waals surface area contributed by atoms with Crippen molar-refractivity contribution in [2.24, 2.45) is 0 Å². The summed E-state index contributed by atoms with van der Waals surface area (Å²) in [6.07, 6.45) is 34.9. The molecule has 0 unspecified atom stereocenters. The monoisotopic (exact) mass is 478 g/mol. The first-order valence-corrected chi connectivity index (χ1v) is 18.6. The summed E-state index contributed by atoms with van der Waals surface area (Å²) in [5, 5.41) is 0. The van der Waals surface area contributed by atoms with Crippen molar-refractivity contribution >= 4 is 8.07 Å². The van der Waals surface area contributed by atoms with Crippen LogP contribution in [0.1, 0.15) is 175 Å². The van der Waals surface area contributed by atoms with E-state index in [2.05, 4.69) is 33.0 Å². The lowest BCUT2D eigenvalue weighted by atomic mass is 10.1. The Kier molecular flexibility index (Phi) is 26.5. The largest absolute Gasteiger partial charge is 0.107 e. The molecule has 1 heteroatoms. The van der Waals surface area contributed by atoms with Crippen molar-refractivity contribution in [3.8, 4) is 0 Å². The highest BCUT2D eigenvalue weighted by molar-refractivity contribution is 6.84. The van der Waals surface area contributed by atoms with E-state index in [0.717, 1.165) is 0 Å². The minimum Gasteiger partial charge on any atom is -0.107 e. The van der Waals surface area contributed by atoms with Crippen LogP contribution in [0.4, 0.5) is 0 Å². The summed E-state index contributed by atoms with van der Waals surface area (Å²) in [5.41, 5.74) is 2.54. The Morgan fingerprint density at radius 2 is 0.576 bits per heavy atom. The Morgan fingerprint density at radius 1 is 0.364 bits per heavy atom. The highest BCUT2D eigenvalue weighted by Gasteiger charge is 2.27. The molecule has 0 nitrogen and oxygen atoms in total. The normalized spacial score (nSPS) is 11.8. The van der Waals surface area contributed by atoms with Crippen LogP contribution >= 0.6 is 0 Å². The Morgan fingerprint density at radius 3 is 0.788 bits per heavy atom. The fraction of sp³-hybridized carbons (Fsp3) is 0.938. The maximum absolute atomic E-state index is 4.44. The summed E-state index contributed by atoms with van der Waals surface area (Å²) in [7, 11) is -1.25. The highest BCUT2D eigenvalue weighted by atomic mass is 28.3. The predicted octanol–water partition coefficient (Wildman–Crippen LogP) is 12.6. The number of rotatable bonds is 28. The third-order valence-corrected chi connectivity index (χ3v) is 12.9. The zero-order valence-electron chi connectivity index (χ0n) is 23.9. The van der Waals surface area contributed by atoms with Gasteiger partial charge in [-0.05, 0) is 0 Å². The molecule has 0 aromatic carbocycles. The predicted molar refractivity (Wildman–Crippen MR) is 158 cm³/mol. The first-order chi connectivity index (χ1) is 16.2. The van der Waals surface area contributed by atoms with Gasteiger partial charge in [-0.25, -0.2) is 0 Å². The molecular weight excluding hydrogens is 412 g/mol. The van der Waals surface area contributed by atoms with Crippen LogP contribution in [-0.2, 0) is 0 Å². The lowest BCUT2D eigenvalue weighted by molar-refractivity contribution is 0.575. The zero-order valence-corrected chi connectivity index (χ0v) is 24.9. The van der Waals surface area contributed by atoms with Gasteiger partial charge in [-0.15, -0.1) is 12.3 Å². The summed E-state index contributed by atoms with van der Waals surface area (Å²) >= 11 is 0. The van der Waals surface area contributed by atoms with Gasteiger partial charge in [0.25, 0.3) is 0 Å². The molecule has 0 aromatic heterocycles. The molecule has 0 radical (unpaired) electrons. The molecule has 0 N–H and O–H groups in total. The van der Waals surface area contributed by atoms with E-state index in [0.29, 0.717) is 0 Å². The minimum absolute atomic E-state index is 1.25. The Labute approximate surface area is 213 Å². The molecule has 33 heavy (non-hydrogen) atoms. The van der Waals surface area contributed by atoms with E-state index in [-0.39, 0.29) is 0 Å². The molecule has 0 fully saturated rings. The van der Waals surface area contributed by atoms with Crippen molar-refractivity contribution in [2.45, 2.75) is 193 Å². The molecule has 0 heterocycles. The smallest absolute Gasteiger partial charge is 0.0770 e.